The highest BCUT2D eigenvalue weighted by Crippen LogP contribution is 2.21. The van der Waals surface area contributed by atoms with Crippen LogP contribution in [0.4, 0.5) is 0 Å². The quantitative estimate of drug-likeness (QED) is 0.768. The maximum Gasteiger partial charge on any atom is 0.0415 e. The molecule has 1 heterocycles. The largest absolute Gasteiger partial charge is 0.261 e. The minimum Gasteiger partial charge on any atom is -0.261 e. The summed E-state index contributed by atoms with van der Waals surface area (Å²) in [6.45, 7) is 6.76. The first kappa shape index (κ1) is 10.7. The highest BCUT2D eigenvalue weighted by atomic mass is 79.9. The number of aryl methyl sites for hydroxylation is 1. The minimum atomic E-state index is 0.393. The molecule has 0 saturated carbocycles. The number of nitrogens with zero attached hydrogens (tertiary/aromatic N) is 1. The molecule has 1 aromatic rings. The van der Waals surface area contributed by atoms with Crippen LogP contribution in [0.15, 0.2) is 22.8 Å². The van der Waals surface area contributed by atoms with Gasteiger partial charge in [0.05, 0.1) is 0 Å². The highest BCUT2D eigenvalue weighted by molar-refractivity contribution is 9.10. The third-order valence-electron chi connectivity index (χ3n) is 1.91. The lowest BCUT2D eigenvalue weighted by Gasteiger charge is -2.17. The zero-order valence-corrected chi connectivity index (χ0v) is 10.1. The van der Waals surface area contributed by atoms with E-state index in [-0.39, 0.29) is 0 Å². The van der Waals surface area contributed by atoms with Gasteiger partial charge < -0.3 is 0 Å². The third kappa shape index (κ3) is 4.41. The summed E-state index contributed by atoms with van der Waals surface area (Å²) in [5.41, 5.74) is 1.56. The van der Waals surface area contributed by atoms with E-state index in [0.717, 1.165) is 10.9 Å². The van der Waals surface area contributed by atoms with Gasteiger partial charge >= 0.3 is 0 Å². The fourth-order valence-electron chi connectivity index (χ4n) is 1.09. The Morgan fingerprint density at radius 2 is 2.08 bits per heavy atom. The van der Waals surface area contributed by atoms with Gasteiger partial charge in [-0.15, -0.1) is 0 Å². The molecule has 1 rings (SSSR count). The molecule has 1 nitrogen and oxygen atoms in total. The highest BCUT2D eigenvalue weighted by Gasteiger charge is 2.10. The Morgan fingerprint density at radius 3 is 2.62 bits per heavy atom. The molecule has 0 fully saturated rings. The van der Waals surface area contributed by atoms with Gasteiger partial charge in [-0.05, 0) is 30.4 Å². The molecule has 0 aromatic carbocycles. The summed E-state index contributed by atoms with van der Waals surface area (Å²) in [7, 11) is 0. The van der Waals surface area contributed by atoms with E-state index in [1.54, 1.807) is 0 Å². The van der Waals surface area contributed by atoms with Crippen LogP contribution < -0.4 is 0 Å². The summed E-state index contributed by atoms with van der Waals surface area (Å²) in [5, 5.41) is 0. The van der Waals surface area contributed by atoms with Gasteiger partial charge in [0, 0.05) is 16.4 Å². The summed E-state index contributed by atoms with van der Waals surface area (Å²) in [6.07, 6.45) is 4.08. The second-order valence-electron chi connectivity index (χ2n) is 4.53. The molecule has 0 N–H and O–H groups in total. The first-order chi connectivity index (χ1) is 5.97. The van der Waals surface area contributed by atoms with E-state index in [0.29, 0.717) is 5.41 Å². The Bertz CT molecular complexity index is 276. The third-order valence-corrected chi connectivity index (χ3v) is 2.40. The predicted molar refractivity (Wildman–Crippen MR) is 59.7 cm³/mol. The van der Waals surface area contributed by atoms with E-state index in [9.17, 15) is 0 Å². The monoisotopic (exact) mass is 241 g/mol. The molecule has 13 heavy (non-hydrogen) atoms. The van der Waals surface area contributed by atoms with Crippen LogP contribution in [-0.4, -0.2) is 4.98 Å². The van der Waals surface area contributed by atoms with Crippen LogP contribution in [0.1, 0.15) is 32.9 Å². The predicted octanol–water partition coefficient (Wildman–Crippen LogP) is 3.82. The van der Waals surface area contributed by atoms with Gasteiger partial charge in [-0.1, -0.05) is 36.7 Å². The van der Waals surface area contributed by atoms with Crippen molar-refractivity contribution in [3.63, 3.8) is 0 Å². The van der Waals surface area contributed by atoms with Crippen LogP contribution in [0.25, 0.3) is 0 Å². The first-order valence-electron chi connectivity index (χ1n) is 4.58. The zero-order valence-electron chi connectivity index (χ0n) is 8.47. The summed E-state index contributed by atoms with van der Waals surface area (Å²) < 4.78 is 1.12. The number of rotatable bonds is 2. The normalized spacial score (nSPS) is 11.7. The molecule has 0 aliphatic heterocycles. The molecule has 2 heteroatoms. The molecule has 0 bridgehead atoms. The number of hydrogen-bond donors (Lipinski definition) is 0. The summed E-state index contributed by atoms with van der Waals surface area (Å²) in [6, 6.07) is 4.05. The van der Waals surface area contributed by atoms with E-state index in [1.165, 1.54) is 12.1 Å². The van der Waals surface area contributed by atoms with E-state index in [2.05, 4.69) is 47.8 Å². The average Bonchev–Trinajstić information content (AvgIpc) is 2.00. The van der Waals surface area contributed by atoms with Crippen LogP contribution in [-0.2, 0) is 6.42 Å². The van der Waals surface area contributed by atoms with Crippen molar-refractivity contribution in [3.05, 3.63) is 28.5 Å². The zero-order chi connectivity index (χ0) is 9.90. The Balaban J connectivity index is 2.55. The fraction of sp³-hybridized carbons (Fsp3) is 0.545. The van der Waals surface area contributed by atoms with Crippen molar-refractivity contribution in [3.8, 4) is 0 Å². The Hall–Kier alpha value is -0.370. The lowest BCUT2D eigenvalue weighted by atomic mass is 9.90. The van der Waals surface area contributed by atoms with Crippen LogP contribution in [0.2, 0.25) is 0 Å². The maximum absolute atomic E-state index is 4.31. The van der Waals surface area contributed by atoms with Gasteiger partial charge in [0.2, 0.25) is 0 Å². The molecule has 72 valence electrons. The number of hydrogen-bond acceptors (Lipinski definition) is 1. The molecule has 0 amide bonds. The average molecular weight is 242 g/mol. The van der Waals surface area contributed by atoms with Crippen molar-refractivity contribution in [1.29, 1.82) is 0 Å². The maximum atomic E-state index is 4.31. The molecule has 0 radical (unpaired) electrons. The molecule has 0 unspecified atom stereocenters. The minimum absolute atomic E-state index is 0.393. The first-order valence-corrected chi connectivity index (χ1v) is 5.37. The van der Waals surface area contributed by atoms with E-state index in [1.807, 2.05) is 12.3 Å². The van der Waals surface area contributed by atoms with E-state index < -0.39 is 0 Å². The smallest absolute Gasteiger partial charge is 0.0415 e. The topological polar surface area (TPSA) is 12.9 Å². The van der Waals surface area contributed by atoms with Crippen molar-refractivity contribution in [2.75, 3.05) is 0 Å². The second kappa shape index (κ2) is 4.23. The second-order valence-corrected chi connectivity index (χ2v) is 5.44. The van der Waals surface area contributed by atoms with Crippen molar-refractivity contribution in [2.24, 2.45) is 5.41 Å². The van der Waals surface area contributed by atoms with Gasteiger partial charge in [0.15, 0.2) is 0 Å². The van der Waals surface area contributed by atoms with Crippen LogP contribution in [0.3, 0.4) is 0 Å². The SMILES string of the molecule is CC(C)(C)CCc1cc(Br)ccn1. The molecule has 0 atom stereocenters. The molecule has 1 aromatic heterocycles. The van der Waals surface area contributed by atoms with Crippen molar-refractivity contribution >= 4 is 15.9 Å². The van der Waals surface area contributed by atoms with Gasteiger partial charge in [0.1, 0.15) is 0 Å². The lowest BCUT2D eigenvalue weighted by molar-refractivity contribution is 0.376. The molecule has 0 aliphatic rings. The van der Waals surface area contributed by atoms with Crippen molar-refractivity contribution < 1.29 is 0 Å². The molecule has 0 saturated heterocycles. The van der Waals surface area contributed by atoms with E-state index in [4.69, 9.17) is 0 Å². The van der Waals surface area contributed by atoms with Crippen molar-refractivity contribution in [1.82, 2.24) is 4.98 Å². The molecular formula is C11H16BrN. The number of halogens is 1. The number of aromatic nitrogens is 1. The van der Waals surface area contributed by atoms with Gasteiger partial charge in [0.25, 0.3) is 0 Å². The molecule has 0 aliphatic carbocycles. The summed E-state index contributed by atoms with van der Waals surface area (Å²) in [5.74, 6) is 0. The standard InChI is InChI=1S/C11H16BrN/c1-11(2,3)6-4-10-8-9(12)5-7-13-10/h5,7-8H,4,6H2,1-3H3. The Morgan fingerprint density at radius 1 is 1.38 bits per heavy atom. The Labute approximate surface area is 88.7 Å². The molecule has 0 spiro atoms. The summed E-state index contributed by atoms with van der Waals surface area (Å²) in [4.78, 5) is 4.31. The van der Waals surface area contributed by atoms with Crippen molar-refractivity contribution in [2.45, 2.75) is 33.6 Å². The Kier molecular flexibility index (Phi) is 3.48. The van der Waals surface area contributed by atoms with Gasteiger partial charge in [-0.25, -0.2) is 0 Å². The van der Waals surface area contributed by atoms with Crippen LogP contribution in [0.5, 0.6) is 0 Å². The molecular weight excluding hydrogens is 226 g/mol. The number of pyridine rings is 1. The van der Waals surface area contributed by atoms with Crippen LogP contribution >= 0.6 is 15.9 Å². The van der Waals surface area contributed by atoms with E-state index >= 15 is 0 Å². The van der Waals surface area contributed by atoms with Crippen LogP contribution in [0, 0.1) is 5.41 Å². The lowest BCUT2D eigenvalue weighted by Crippen LogP contribution is -2.06. The summed E-state index contributed by atoms with van der Waals surface area (Å²) >= 11 is 3.44. The van der Waals surface area contributed by atoms with Gasteiger partial charge in [-0.3, -0.25) is 4.98 Å². The fourth-order valence-corrected chi connectivity index (χ4v) is 1.47. The van der Waals surface area contributed by atoms with Gasteiger partial charge in [-0.2, -0.15) is 0 Å².